The number of amides is 1. The van der Waals surface area contributed by atoms with Crippen LogP contribution in [0, 0.1) is 6.92 Å². The predicted octanol–water partition coefficient (Wildman–Crippen LogP) is 3.19. The van der Waals surface area contributed by atoms with Crippen molar-refractivity contribution in [2.45, 2.75) is 12.1 Å². The number of hydrogen-bond donors (Lipinski definition) is 1. The molecule has 0 spiro atoms. The highest BCUT2D eigenvalue weighted by Gasteiger charge is 2.13. The Hall–Kier alpha value is -1.99. The van der Waals surface area contributed by atoms with Crippen molar-refractivity contribution in [1.29, 1.82) is 0 Å². The molecule has 1 N–H and O–H groups in total. The molecule has 0 aliphatic carbocycles. The summed E-state index contributed by atoms with van der Waals surface area (Å²) in [6.07, 6.45) is 1.66. The van der Waals surface area contributed by atoms with Crippen molar-refractivity contribution in [3.05, 3.63) is 35.1 Å². The number of halogens is 1. The molecule has 0 aliphatic rings. The van der Waals surface area contributed by atoms with Crippen LogP contribution in [0.3, 0.4) is 0 Å². The van der Waals surface area contributed by atoms with Gasteiger partial charge in [-0.2, -0.15) is 0 Å². The zero-order valence-electron chi connectivity index (χ0n) is 12.9. The van der Waals surface area contributed by atoms with Crippen LogP contribution in [0.4, 0.5) is 5.69 Å². The Morgan fingerprint density at radius 3 is 2.70 bits per heavy atom. The summed E-state index contributed by atoms with van der Waals surface area (Å²) < 4.78 is 10.4. The van der Waals surface area contributed by atoms with E-state index in [1.54, 1.807) is 24.4 Å². The van der Waals surface area contributed by atoms with E-state index < -0.39 is 0 Å². The number of carbonyl (C=O) groups is 1. The number of methoxy groups -OCH3 is 2. The minimum Gasteiger partial charge on any atom is -0.495 e. The lowest BCUT2D eigenvalue weighted by atomic mass is 10.2. The van der Waals surface area contributed by atoms with Gasteiger partial charge >= 0.3 is 0 Å². The standard InChI is InChI=1S/C15H16ClN3O3S/c1-9-4-5-17-15(18-9)23-8-14(20)19-11-7-12(21-2)10(16)6-13(11)22-3/h4-7H,8H2,1-3H3,(H,19,20). The maximum Gasteiger partial charge on any atom is 0.234 e. The first-order chi connectivity index (χ1) is 11.0. The lowest BCUT2D eigenvalue weighted by Crippen LogP contribution is -2.15. The quantitative estimate of drug-likeness (QED) is 0.635. The number of ether oxygens (including phenoxy) is 2. The van der Waals surface area contributed by atoms with E-state index in [1.807, 2.05) is 6.92 Å². The Kier molecular flexibility index (Phi) is 6.06. The van der Waals surface area contributed by atoms with Gasteiger partial charge in [0.2, 0.25) is 5.91 Å². The number of nitrogens with one attached hydrogen (secondary N) is 1. The highest BCUT2D eigenvalue weighted by molar-refractivity contribution is 7.99. The Labute approximate surface area is 143 Å². The highest BCUT2D eigenvalue weighted by atomic mass is 35.5. The molecule has 0 unspecified atom stereocenters. The van der Waals surface area contributed by atoms with Crippen molar-refractivity contribution >= 4 is 35.0 Å². The van der Waals surface area contributed by atoms with Crippen LogP contribution in [0.25, 0.3) is 0 Å². The largest absolute Gasteiger partial charge is 0.495 e. The van der Waals surface area contributed by atoms with Crippen molar-refractivity contribution in [3.63, 3.8) is 0 Å². The molecule has 0 radical (unpaired) electrons. The molecule has 1 heterocycles. The number of nitrogens with zero attached hydrogens (tertiary/aromatic N) is 2. The number of aromatic nitrogens is 2. The van der Waals surface area contributed by atoms with Gasteiger partial charge in [-0.3, -0.25) is 4.79 Å². The molecule has 0 aliphatic heterocycles. The van der Waals surface area contributed by atoms with Crippen LogP contribution in [0.1, 0.15) is 5.69 Å². The average molecular weight is 354 g/mol. The first-order valence-corrected chi connectivity index (χ1v) is 8.03. The first-order valence-electron chi connectivity index (χ1n) is 6.67. The number of benzene rings is 1. The van der Waals surface area contributed by atoms with Gasteiger partial charge in [0.15, 0.2) is 5.16 Å². The third kappa shape index (κ3) is 4.74. The average Bonchev–Trinajstić information content (AvgIpc) is 2.54. The van der Waals surface area contributed by atoms with E-state index in [0.29, 0.717) is 27.4 Å². The van der Waals surface area contributed by atoms with Crippen LogP contribution in [0.15, 0.2) is 29.6 Å². The number of aryl methyl sites for hydroxylation is 1. The number of carbonyl (C=O) groups excluding carboxylic acids is 1. The molecule has 2 aromatic rings. The Balaban J connectivity index is 2.05. The van der Waals surface area contributed by atoms with Gasteiger partial charge in [-0.15, -0.1) is 0 Å². The Bertz CT molecular complexity index is 712. The monoisotopic (exact) mass is 353 g/mol. The molecular weight excluding hydrogens is 338 g/mol. The van der Waals surface area contributed by atoms with Crippen molar-refractivity contribution < 1.29 is 14.3 Å². The van der Waals surface area contributed by atoms with Gasteiger partial charge < -0.3 is 14.8 Å². The Morgan fingerprint density at radius 1 is 1.30 bits per heavy atom. The maximum atomic E-state index is 12.1. The molecule has 122 valence electrons. The third-order valence-corrected chi connectivity index (χ3v) is 4.01. The molecular formula is C15H16ClN3O3S. The molecule has 8 heteroatoms. The maximum absolute atomic E-state index is 12.1. The van der Waals surface area contributed by atoms with Gasteiger partial charge in [-0.25, -0.2) is 9.97 Å². The van der Waals surface area contributed by atoms with Crippen LogP contribution < -0.4 is 14.8 Å². The van der Waals surface area contributed by atoms with Gasteiger partial charge in [-0.05, 0) is 13.0 Å². The summed E-state index contributed by atoms with van der Waals surface area (Å²) in [6, 6.07) is 5.01. The van der Waals surface area contributed by atoms with Crippen LogP contribution in [0.2, 0.25) is 5.02 Å². The molecule has 0 saturated heterocycles. The molecule has 2 rings (SSSR count). The summed E-state index contributed by atoms with van der Waals surface area (Å²) in [6.45, 7) is 1.87. The van der Waals surface area contributed by atoms with Gasteiger partial charge in [0.1, 0.15) is 11.5 Å². The molecule has 1 aromatic carbocycles. The zero-order chi connectivity index (χ0) is 16.8. The fourth-order valence-electron chi connectivity index (χ4n) is 1.77. The van der Waals surface area contributed by atoms with Gasteiger partial charge in [-0.1, -0.05) is 23.4 Å². The summed E-state index contributed by atoms with van der Waals surface area (Å²) in [5.41, 5.74) is 1.34. The molecule has 0 fully saturated rings. The van der Waals surface area contributed by atoms with E-state index in [0.717, 1.165) is 5.69 Å². The molecule has 1 amide bonds. The second-order valence-corrected chi connectivity index (χ2v) is 5.85. The number of anilines is 1. The fraction of sp³-hybridized carbons (Fsp3) is 0.267. The SMILES string of the molecule is COc1cc(NC(=O)CSc2nccc(C)n2)c(OC)cc1Cl. The Morgan fingerprint density at radius 2 is 2.04 bits per heavy atom. The van der Waals surface area contributed by atoms with E-state index in [2.05, 4.69) is 15.3 Å². The number of thioether (sulfide) groups is 1. The van der Waals surface area contributed by atoms with E-state index in [9.17, 15) is 4.79 Å². The summed E-state index contributed by atoms with van der Waals surface area (Å²) in [4.78, 5) is 20.4. The van der Waals surface area contributed by atoms with Crippen molar-refractivity contribution in [1.82, 2.24) is 9.97 Å². The lowest BCUT2D eigenvalue weighted by Gasteiger charge is -2.13. The minimum atomic E-state index is -0.206. The molecule has 6 nitrogen and oxygen atoms in total. The predicted molar refractivity (Wildman–Crippen MR) is 90.7 cm³/mol. The van der Waals surface area contributed by atoms with Gasteiger partial charge in [0.05, 0.1) is 30.7 Å². The van der Waals surface area contributed by atoms with Crippen LogP contribution in [-0.4, -0.2) is 35.8 Å². The zero-order valence-corrected chi connectivity index (χ0v) is 14.5. The summed E-state index contributed by atoms with van der Waals surface area (Å²) in [7, 11) is 3.01. The van der Waals surface area contributed by atoms with E-state index >= 15 is 0 Å². The van der Waals surface area contributed by atoms with Crippen molar-refractivity contribution in [3.8, 4) is 11.5 Å². The third-order valence-electron chi connectivity index (χ3n) is 2.85. The van der Waals surface area contributed by atoms with Gasteiger partial charge in [0, 0.05) is 24.0 Å². The smallest absolute Gasteiger partial charge is 0.234 e. The molecule has 0 bridgehead atoms. The second kappa shape index (κ2) is 8.03. The van der Waals surface area contributed by atoms with E-state index in [4.69, 9.17) is 21.1 Å². The number of hydrogen-bond acceptors (Lipinski definition) is 6. The first kappa shape index (κ1) is 17.4. The topological polar surface area (TPSA) is 73.3 Å². The summed E-state index contributed by atoms with van der Waals surface area (Å²) in [5.74, 6) is 0.888. The molecule has 0 saturated carbocycles. The molecule has 0 atom stereocenters. The highest BCUT2D eigenvalue weighted by Crippen LogP contribution is 2.35. The van der Waals surface area contributed by atoms with Crippen LogP contribution in [-0.2, 0) is 4.79 Å². The van der Waals surface area contributed by atoms with E-state index in [1.165, 1.54) is 26.0 Å². The van der Waals surface area contributed by atoms with Crippen molar-refractivity contribution in [2.24, 2.45) is 0 Å². The lowest BCUT2D eigenvalue weighted by molar-refractivity contribution is -0.113. The molecule has 23 heavy (non-hydrogen) atoms. The summed E-state index contributed by atoms with van der Waals surface area (Å²) in [5, 5.41) is 3.73. The minimum absolute atomic E-state index is 0.178. The second-order valence-electron chi connectivity index (χ2n) is 4.50. The fourth-order valence-corrected chi connectivity index (χ4v) is 2.68. The normalized spacial score (nSPS) is 10.3. The van der Waals surface area contributed by atoms with Crippen molar-refractivity contribution in [2.75, 3.05) is 25.3 Å². The van der Waals surface area contributed by atoms with Gasteiger partial charge in [0.25, 0.3) is 0 Å². The van der Waals surface area contributed by atoms with Crippen LogP contribution >= 0.6 is 23.4 Å². The number of rotatable bonds is 6. The molecule has 1 aromatic heterocycles. The van der Waals surface area contributed by atoms with Crippen LogP contribution in [0.5, 0.6) is 11.5 Å². The van der Waals surface area contributed by atoms with E-state index in [-0.39, 0.29) is 11.7 Å². The summed E-state index contributed by atoms with van der Waals surface area (Å²) >= 11 is 7.29.